The van der Waals surface area contributed by atoms with Crippen LogP contribution in [0.1, 0.15) is 74.8 Å². The van der Waals surface area contributed by atoms with Crippen molar-refractivity contribution in [2.75, 3.05) is 0 Å². The van der Waals surface area contributed by atoms with E-state index >= 15 is 4.39 Å². The van der Waals surface area contributed by atoms with Crippen molar-refractivity contribution in [1.29, 1.82) is 0 Å². The topological polar surface area (TPSA) is 17.0 Å². The molecule has 3 aromatic carbocycles. The van der Waals surface area contributed by atoms with E-state index in [1.54, 1.807) is 12.1 Å². The molecule has 2 aliphatic rings. The number of nitrogens with zero attached hydrogens (tertiary/aromatic N) is 1. The van der Waals surface area contributed by atoms with Gasteiger partial charge in [0, 0.05) is 28.5 Å². The number of hydrogen-bond donors (Lipinski definition) is 0. The Morgan fingerprint density at radius 3 is 2.25 bits per heavy atom. The highest BCUT2D eigenvalue weighted by Crippen LogP contribution is 2.44. The van der Waals surface area contributed by atoms with Crippen molar-refractivity contribution < 1.29 is 13.4 Å². The number of aromatic nitrogens is 1. The maximum Gasteiger partial charge on any atom is 0.216 e. The first-order chi connectivity index (χ1) is 19.6. The highest BCUT2D eigenvalue weighted by molar-refractivity contribution is 6.13. The molecular weight excluding hydrogens is 493 g/mol. The van der Waals surface area contributed by atoms with E-state index in [2.05, 4.69) is 54.0 Å². The first kappa shape index (κ1) is 25.5. The highest BCUT2D eigenvalue weighted by atomic mass is 19.1. The summed E-state index contributed by atoms with van der Waals surface area (Å²) in [6.07, 6.45) is 14.6. The molecule has 2 heterocycles. The van der Waals surface area contributed by atoms with E-state index in [-0.39, 0.29) is 5.82 Å². The van der Waals surface area contributed by atoms with Crippen LogP contribution >= 0.6 is 0 Å². The Hall–Kier alpha value is -3.46. The van der Waals surface area contributed by atoms with Crippen LogP contribution in [0.3, 0.4) is 0 Å². The zero-order valence-electron chi connectivity index (χ0n) is 23.8. The van der Waals surface area contributed by atoms with Crippen LogP contribution in [0.2, 0.25) is 0 Å². The number of hydrogen-bond acceptors (Lipinski definition) is 1. The molecule has 40 heavy (non-hydrogen) atoms. The minimum atomic E-state index is -0.234. The van der Waals surface area contributed by atoms with Crippen LogP contribution in [0.25, 0.3) is 44.3 Å². The first-order valence-corrected chi connectivity index (χ1v) is 15.3. The summed E-state index contributed by atoms with van der Waals surface area (Å²) in [5.74, 6) is 2.33. The van der Waals surface area contributed by atoms with Gasteiger partial charge in [-0.15, -0.1) is 0 Å². The average Bonchev–Trinajstić information content (AvgIpc) is 3.36. The van der Waals surface area contributed by atoms with Crippen LogP contribution < -0.4 is 4.57 Å². The molecular formula is C37H39FNO+. The van der Waals surface area contributed by atoms with Crippen LogP contribution in [0.15, 0.2) is 77.3 Å². The van der Waals surface area contributed by atoms with Gasteiger partial charge < -0.3 is 4.42 Å². The number of pyridine rings is 1. The summed E-state index contributed by atoms with van der Waals surface area (Å²) < 4.78 is 23.8. The summed E-state index contributed by atoms with van der Waals surface area (Å²) in [5, 5.41) is 1.78. The van der Waals surface area contributed by atoms with Crippen molar-refractivity contribution in [2.24, 2.45) is 18.9 Å². The first-order valence-electron chi connectivity index (χ1n) is 15.3. The molecule has 0 radical (unpaired) electrons. The fraction of sp³-hybridized carbons (Fsp3) is 0.378. The average molecular weight is 533 g/mol. The molecule has 5 aromatic rings. The zero-order chi connectivity index (χ0) is 27.2. The summed E-state index contributed by atoms with van der Waals surface area (Å²) in [6, 6.07) is 22.5. The summed E-state index contributed by atoms with van der Waals surface area (Å²) >= 11 is 0. The second-order valence-electron chi connectivity index (χ2n) is 12.4. The molecule has 0 amide bonds. The number of fused-ring (bicyclic) bond motifs is 3. The van der Waals surface area contributed by atoms with Gasteiger partial charge in [-0.2, -0.15) is 0 Å². The third kappa shape index (κ3) is 4.54. The fourth-order valence-electron chi connectivity index (χ4n) is 7.79. The SMILES string of the molecule is Cc1ccc2c(oc3c(-c4ccc(C5CCC(C6CCCCC6)CC5)cc4)cc(F)cc32)c1-c1cccc[n+]1C. The second-order valence-corrected chi connectivity index (χ2v) is 12.4. The summed E-state index contributed by atoms with van der Waals surface area (Å²) in [5.41, 5.74) is 8.09. The van der Waals surface area contributed by atoms with Crippen molar-refractivity contribution >= 4 is 21.9 Å². The maximum atomic E-state index is 15.1. The van der Waals surface area contributed by atoms with E-state index in [0.29, 0.717) is 5.92 Å². The molecule has 2 aromatic heterocycles. The summed E-state index contributed by atoms with van der Waals surface area (Å²) in [6.45, 7) is 2.11. The molecule has 0 atom stereocenters. The predicted molar refractivity (Wildman–Crippen MR) is 162 cm³/mol. The van der Waals surface area contributed by atoms with Crippen molar-refractivity contribution in [1.82, 2.24) is 0 Å². The lowest BCUT2D eigenvalue weighted by atomic mass is 9.70. The normalized spacial score (nSPS) is 20.4. The number of halogens is 1. The number of furan rings is 1. The van der Waals surface area contributed by atoms with Gasteiger partial charge in [0.2, 0.25) is 5.69 Å². The minimum Gasteiger partial charge on any atom is -0.454 e. The summed E-state index contributed by atoms with van der Waals surface area (Å²) in [7, 11) is 2.05. The van der Waals surface area contributed by atoms with Crippen molar-refractivity contribution in [3.05, 3.63) is 89.9 Å². The van der Waals surface area contributed by atoms with Crippen molar-refractivity contribution in [3.63, 3.8) is 0 Å². The second kappa shape index (κ2) is 10.5. The molecule has 2 saturated carbocycles. The fourth-order valence-corrected chi connectivity index (χ4v) is 7.79. The Morgan fingerprint density at radius 2 is 1.50 bits per heavy atom. The Labute approximate surface area is 236 Å². The van der Waals surface area contributed by atoms with Gasteiger partial charge >= 0.3 is 0 Å². The minimum absolute atomic E-state index is 0.234. The van der Waals surface area contributed by atoms with Gasteiger partial charge in [-0.25, -0.2) is 8.96 Å². The van der Waals surface area contributed by atoms with E-state index in [9.17, 15) is 0 Å². The van der Waals surface area contributed by atoms with Crippen LogP contribution in [0.4, 0.5) is 4.39 Å². The van der Waals surface area contributed by atoms with Gasteiger partial charge in [-0.3, -0.25) is 0 Å². The molecule has 0 N–H and O–H groups in total. The molecule has 204 valence electrons. The molecule has 0 unspecified atom stereocenters. The van der Waals surface area contributed by atoms with Gasteiger partial charge in [0.15, 0.2) is 6.20 Å². The third-order valence-electron chi connectivity index (χ3n) is 10.0. The Morgan fingerprint density at radius 1 is 0.750 bits per heavy atom. The molecule has 0 spiro atoms. The van der Waals surface area contributed by atoms with Crippen molar-refractivity contribution in [2.45, 2.75) is 70.6 Å². The Bertz CT molecular complexity index is 1670. The number of aryl methyl sites for hydroxylation is 2. The van der Waals surface area contributed by atoms with E-state index in [1.807, 2.05) is 25.4 Å². The standard InChI is InChI=1S/C37H39FNO/c1-24-11-20-31-33-23-30(38)22-32(36(33)40-37(31)35(24)34-10-6-7-21-39(34)2)29-18-16-28(17-19-29)27-14-12-26(13-15-27)25-8-4-3-5-9-25/h6-7,10-11,16-23,25-27H,3-5,8-9,12-15H2,1-2H3/q+1. The van der Waals surface area contributed by atoms with Gasteiger partial charge in [0.25, 0.3) is 0 Å². The quantitative estimate of drug-likeness (QED) is 0.210. The van der Waals surface area contributed by atoms with E-state index in [1.165, 1.54) is 63.4 Å². The Balaban J connectivity index is 1.22. The highest BCUT2D eigenvalue weighted by Gasteiger charge is 2.29. The molecule has 0 aliphatic heterocycles. The monoisotopic (exact) mass is 532 g/mol. The van der Waals surface area contributed by atoms with Gasteiger partial charge in [0.05, 0.1) is 5.56 Å². The molecule has 2 nitrogen and oxygen atoms in total. The van der Waals surface area contributed by atoms with Gasteiger partial charge in [-0.05, 0) is 85.3 Å². The maximum absolute atomic E-state index is 15.1. The lowest BCUT2D eigenvalue weighted by molar-refractivity contribution is -0.660. The summed E-state index contributed by atoms with van der Waals surface area (Å²) in [4.78, 5) is 0. The molecule has 3 heteroatoms. The van der Waals surface area contributed by atoms with Gasteiger partial charge in [-0.1, -0.05) is 68.5 Å². The smallest absolute Gasteiger partial charge is 0.216 e. The predicted octanol–water partition coefficient (Wildman–Crippen LogP) is 10.0. The zero-order valence-corrected chi connectivity index (χ0v) is 23.8. The lowest BCUT2D eigenvalue weighted by Gasteiger charge is -2.36. The van der Waals surface area contributed by atoms with E-state index in [4.69, 9.17) is 4.42 Å². The van der Waals surface area contributed by atoms with E-state index in [0.717, 1.165) is 61.7 Å². The Kier molecular flexibility index (Phi) is 6.70. The van der Waals surface area contributed by atoms with Crippen LogP contribution in [0, 0.1) is 24.6 Å². The van der Waals surface area contributed by atoms with Crippen molar-refractivity contribution in [3.8, 4) is 22.4 Å². The third-order valence-corrected chi connectivity index (χ3v) is 10.0. The molecule has 7 rings (SSSR count). The van der Waals surface area contributed by atoms with E-state index < -0.39 is 0 Å². The van der Waals surface area contributed by atoms with Crippen LogP contribution in [0.5, 0.6) is 0 Å². The van der Waals surface area contributed by atoms with Crippen LogP contribution in [-0.4, -0.2) is 0 Å². The number of benzene rings is 3. The molecule has 0 saturated heterocycles. The van der Waals surface area contributed by atoms with Gasteiger partial charge in [0.1, 0.15) is 24.0 Å². The molecule has 2 fully saturated rings. The lowest BCUT2D eigenvalue weighted by Crippen LogP contribution is -2.30. The largest absolute Gasteiger partial charge is 0.454 e. The molecule has 0 bridgehead atoms. The molecule has 2 aliphatic carbocycles. The van der Waals surface area contributed by atoms with Crippen LogP contribution in [-0.2, 0) is 7.05 Å². The number of rotatable bonds is 4.